The molecule has 0 radical (unpaired) electrons. The van der Waals surface area contributed by atoms with Gasteiger partial charge in [-0.15, -0.1) is 11.3 Å². The molecule has 0 fully saturated rings. The van der Waals surface area contributed by atoms with Crippen LogP contribution >= 0.6 is 11.3 Å². The minimum atomic E-state index is -0.320. The van der Waals surface area contributed by atoms with Gasteiger partial charge in [-0.3, -0.25) is 4.79 Å². The molecule has 4 nitrogen and oxygen atoms in total. The van der Waals surface area contributed by atoms with E-state index in [2.05, 4.69) is 12.2 Å². The fourth-order valence-corrected chi connectivity index (χ4v) is 5.05. The summed E-state index contributed by atoms with van der Waals surface area (Å²) in [5.74, 6) is -0.303. The van der Waals surface area contributed by atoms with Crippen molar-refractivity contribution < 1.29 is 14.3 Å². The zero-order valence-corrected chi connectivity index (χ0v) is 17.8. The molecule has 0 aromatic carbocycles. The Morgan fingerprint density at radius 3 is 2.33 bits per heavy atom. The zero-order chi connectivity index (χ0) is 19.5. The second kappa shape index (κ2) is 12.2. The van der Waals surface area contributed by atoms with Crippen molar-refractivity contribution in [1.29, 1.82) is 0 Å². The fraction of sp³-hybridized carbons (Fsp3) is 0.727. The number of anilines is 1. The highest BCUT2D eigenvalue weighted by Gasteiger charge is 2.25. The molecular formula is C22H35NO3S. The average molecular weight is 394 g/mol. The van der Waals surface area contributed by atoms with Gasteiger partial charge in [0.25, 0.3) is 0 Å². The van der Waals surface area contributed by atoms with E-state index in [4.69, 9.17) is 4.74 Å². The van der Waals surface area contributed by atoms with E-state index in [-0.39, 0.29) is 11.9 Å². The molecule has 1 amide bonds. The van der Waals surface area contributed by atoms with Crippen molar-refractivity contribution in [3.8, 4) is 0 Å². The molecule has 0 unspecified atom stereocenters. The van der Waals surface area contributed by atoms with Crippen molar-refractivity contribution in [1.82, 2.24) is 0 Å². The normalized spacial score (nSPS) is 14.1. The maximum atomic E-state index is 12.4. The van der Waals surface area contributed by atoms with Gasteiger partial charge in [0.1, 0.15) is 5.00 Å². The summed E-state index contributed by atoms with van der Waals surface area (Å²) in [7, 11) is 1.42. The van der Waals surface area contributed by atoms with Gasteiger partial charge >= 0.3 is 5.97 Å². The van der Waals surface area contributed by atoms with E-state index in [1.165, 1.54) is 56.9 Å². The van der Waals surface area contributed by atoms with E-state index >= 15 is 0 Å². The van der Waals surface area contributed by atoms with Gasteiger partial charge < -0.3 is 10.1 Å². The fourth-order valence-electron chi connectivity index (χ4n) is 3.76. The van der Waals surface area contributed by atoms with Crippen LogP contribution in [0.1, 0.15) is 105 Å². The van der Waals surface area contributed by atoms with Gasteiger partial charge in [0, 0.05) is 11.3 Å². The summed E-state index contributed by atoms with van der Waals surface area (Å²) in [5.41, 5.74) is 1.71. The molecule has 0 bridgehead atoms. The molecule has 1 N–H and O–H groups in total. The summed E-state index contributed by atoms with van der Waals surface area (Å²) in [6.07, 6.45) is 15.5. The SMILES string of the molecule is CCCCCCCCCC(=O)Nc1sc2c(c1C(=O)OC)CCCCCC2. The van der Waals surface area contributed by atoms with Crippen LogP contribution in [0.25, 0.3) is 0 Å². The molecule has 1 aliphatic carbocycles. The summed E-state index contributed by atoms with van der Waals surface area (Å²) in [6, 6.07) is 0. The Kier molecular flexibility index (Phi) is 9.89. The highest BCUT2D eigenvalue weighted by molar-refractivity contribution is 7.17. The van der Waals surface area contributed by atoms with Crippen LogP contribution < -0.4 is 5.32 Å². The Morgan fingerprint density at radius 1 is 0.963 bits per heavy atom. The summed E-state index contributed by atoms with van der Waals surface area (Å²) >= 11 is 1.58. The highest BCUT2D eigenvalue weighted by atomic mass is 32.1. The lowest BCUT2D eigenvalue weighted by molar-refractivity contribution is -0.116. The lowest BCUT2D eigenvalue weighted by Gasteiger charge is -2.11. The Labute approximate surface area is 168 Å². The number of amides is 1. The van der Waals surface area contributed by atoms with Crippen molar-refractivity contribution in [2.75, 3.05) is 12.4 Å². The molecule has 0 spiro atoms. The van der Waals surface area contributed by atoms with Gasteiger partial charge in [-0.25, -0.2) is 4.79 Å². The number of hydrogen-bond acceptors (Lipinski definition) is 4. The molecule has 1 aromatic rings. The summed E-state index contributed by atoms with van der Waals surface area (Å²) in [6.45, 7) is 2.22. The van der Waals surface area contributed by atoms with E-state index < -0.39 is 0 Å². The van der Waals surface area contributed by atoms with E-state index in [0.717, 1.165) is 44.1 Å². The second-order valence-electron chi connectivity index (χ2n) is 7.53. The topological polar surface area (TPSA) is 55.4 Å². The molecule has 27 heavy (non-hydrogen) atoms. The predicted molar refractivity (Wildman–Crippen MR) is 113 cm³/mol. The van der Waals surface area contributed by atoms with Crippen LogP contribution in [0, 0.1) is 0 Å². The van der Waals surface area contributed by atoms with Gasteiger partial charge in [0.2, 0.25) is 5.91 Å². The minimum Gasteiger partial charge on any atom is -0.465 e. The first-order chi connectivity index (χ1) is 13.2. The first kappa shape index (κ1) is 21.9. The Balaban J connectivity index is 1.93. The first-order valence-electron chi connectivity index (χ1n) is 10.7. The number of aryl methyl sites for hydroxylation is 1. The number of carbonyl (C=O) groups excluding carboxylic acids is 2. The molecule has 2 rings (SSSR count). The second-order valence-corrected chi connectivity index (χ2v) is 8.64. The van der Waals surface area contributed by atoms with Crippen LogP contribution in [-0.4, -0.2) is 19.0 Å². The van der Waals surface area contributed by atoms with Gasteiger partial charge in [0.05, 0.1) is 12.7 Å². The molecule has 5 heteroatoms. The summed E-state index contributed by atoms with van der Waals surface area (Å²) < 4.78 is 5.02. The van der Waals surface area contributed by atoms with Gasteiger partial charge in [-0.1, -0.05) is 58.3 Å². The van der Waals surface area contributed by atoms with E-state index in [1.54, 1.807) is 11.3 Å². The molecule has 0 aliphatic heterocycles. The number of rotatable bonds is 10. The van der Waals surface area contributed by atoms with Gasteiger partial charge in [-0.2, -0.15) is 0 Å². The van der Waals surface area contributed by atoms with Crippen molar-refractivity contribution in [3.05, 3.63) is 16.0 Å². The number of hydrogen-bond donors (Lipinski definition) is 1. The number of ether oxygens (including phenoxy) is 1. The predicted octanol–water partition coefficient (Wildman–Crippen LogP) is 6.27. The first-order valence-corrected chi connectivity index (χ1v) is 11.5. The zero-order valence-electron chi connectivity index (χ0n) is 17.0. The monoisotopic (exact) mass is 393 g/mol. The van der Waals surface area contributed by atoms with Crippen LogP contribution in [0.5, 0.6) is 0 Å². The average Bonchev–Trinajstić information content (AvgIpc) is 2.96. The molecule has 0 saturated carbocycles. The summed E-state index contributed by atoms with van der Waals surface area (Å²) in [4.78, 5) is 26.0. The Morgan fingerprint density at radius 2 is 1.63 bits per heavy atom. The van der Waals surface area contributed by atoms with Crippen molar-refractivity contribution in [2.24, 2.45) is 0 Å². The number of fused-ring (bicyclic) bond motifs is 1. The number of carbonyl (C=O) groups is 2. The van der Waals surface area contributed by atoms with Crippen molar-refractivity contribution in [2.45, 2.75) is 96.8 Å². The third-order valence-corrected chi connectivity index (χ3v) is 6.53. The smallest absolute Gasteiger partial charge is 0.341 e. The number of unbranched alkanes of at least 4 members (excludes halogenated alkanes) is 6. The maximum absolute atomic E-state index is 12.4. The van der Waals surface area contributed by atoms with Gasteiger partial charge in [-0.05, 0) is 37.7 Å². The largest absolute Gasteiger partial charge is 0.465 e. The number of methoxy groups -OCH3 is 1. The third kappa shape index (κ3) is 6.95. The molecule has 1 heterocycles. The van der Waals surface area contributed by atoms with E-state index in [1.807, 2.05) is 0 Å². The van der Waals surface area contributed by atoms with Crippen molar-refractivity contribution >= 4 is 28.2 Å². The van der Waals surface area contributed by atoms with Crippen molar-refractivity contribution in [3.63, 3.8) is 0 Å². The van der Waals surface area contributed by atoms with Crippen LogP contribution in [-0.2, 0) is 22.4 Å². The molecule has 0 saturated heterocycles. The van der Waals surface area contributed by atoms with E-state index in [0.29, 0.717) is 17.0 Å². The number of thiophene rings is 1. The molecule has 152 valence electrons. The molecule has 1 aromatic heterocycles. The lowest BCUT2D eigenvalue weighted by Crippen LogP contribution is -2.14. The van der Waals surface area contributed by atoms with Crippen LogP contribution in [0.4, 0.5) is 5.00 Å². The number of esters is 1. The minimum absolute atomic E-state index is 0.0166. The van der Waals surface area contributed by atoms with Crippen LogP contribution in [0.15, 0.2) is 0 Å². The van der Waals surface area contributed by atoms with E-state index in [9.17, 15) is 9.59 Å². The summed E-state index contributed by atoms with van der Waals surface area (Å²) in [5, 5.41) is 3.71. The highest BCUT2D eigenvalue weighted by Crippen LogP contribution is 2.37. The molecular weight excluding hydrogens is 358 g/mol. The van der Waals surface area contributed by atoms with Gasteiger partial charge in [0.15, 0.2) is 0 Å². The lowest BCUT2D eigenvalue weighted by atomic mass is 9.96. The molecule has 1 aliphatic rings. The Hall–Kier alpha value is -1.36. The van der Waals surface area contributed by atoms with Crippen LogP contribution in [0.2, 0.25) is 0 Å². The Bertz CT molecular complexity index is 609. The third-order valence-electron chi connectivity index (χ3n) is 5.32. The van der Waals surface area contributed by atoms with Crippen LogP contribution in [0.3, 0.4) is 0 Å². The molecule has 0 atom stereocenters. The quantitative estimate of drug-likeness (QED) is 0.376. The maximum Gasteiger partial charge on any atom is 0.341 e. The standard InChI is InChI=1S/C22H35NO3S/c1-3-4-5-6-7-8-13-16-19(24)23-21-20(22(25)26-2)17-14-11-9-10-12-15-18(17)27-21/h3-16H2,1-2H3,(H,23,24). The number of nitrogens with one attached hydrogen (secondary N) is 1.